The van der Waals surface area contributed by atoms with Crippen LogP contribution in [0.15, 0.2) is 72.8 Å². The van der Waals surface area contributed by atoms with Crippen molar-refractivity contribution in [1.82, 2.24) is 4.98 Å². The van der Waals surface area contributed by atoms with Crippen LogP contribution < -0.4 is 5.32 Å². The highest BCUT2D eigenvalue weighted by Crippen LogP contribution is 2.31. The number of amides is 1. The molecule has 3 nitrogen and oxygen atoms in total. The summed E-state index contributed by atoms with van der Waals surface area (Å²) in [5.74, 6) is 0.847. The Labute approximate surface area is 179 Å². The zero-order valence-electron chi connectivity index (χ0n) is 16.4. The molecule has 4 rings (SSSR count). The van der Waals surface area contributed by atoms with E-state index in [9.17, 15) is 4.79 Å². The lowest BCUT2D eigenvalue weighted by atomic mass is 10.2. The van der Waals surface area contributed by atoms with E-state index in [4.69, 9.17) is 4.98 Å². The van der Waals surface area contributed by atoms with Crippen molar-refractivity contribution >= 4 is 44.9 Å². The molecule has 1 atom stereocenters. The predicted molar refractivity (Wildman–Crippen MR) is 126 cm³/mol. The lowest BCUT2D eigenvalue weighted by Crippen LogP contribution is -2.22. The fraction of sp³-hybridized carbons (Fsp3) is 0.167. The van der Waals surface area contributed by atoms with E-state index < -0.39 is 0 Å². The van der Waals surface area contributed by atoms with Gasteiger partial charge in [-0.05, 0) is 61.4 Å². The van der Waals surface area contributed by atoms with Crippen LogP contribution in [0.25, 0.3) is 20.8 Å². The van der Waals surface area contributed by atoms with E-state index in [0.29, 0.717) is 0 Å². The van der Waals surface area contributed by atoms with Crippen LogP contribution in [-0.4, -0.2) is 16.1 Å². The molecule has 29 heavy (non-hydrogen) atoms. The van der Waals surface area contributed by atoms with Crippen LogP contribution in [0.2, 0.25) is 0 Å². The van der Waals surface area contributed by atoms with Gasteiger partial charge in [0.1, 0.15) is 5.01 Å². The standard InChI is InChI=1S/C24H22N2OS2/c1-16-8-13-21-22(14-16)29-24(26-21)19-9-11-20(12-10-19)25-23(27)17(2)28-15-18-6-4-3-5-7-18/h3-14,17H,15H2,1-2H3,(H,25,27)/t17-/m0/s1. The molecule has 0 fully saturated rings. The number of rotatable bonds is 6. The van der Waals surface area contributed by atoms with Gasteiger partial charge in [-0.15, -0.1) is 23.1 Å². The van der Waals surface area contributed by atoms with Gasteiger partial charge in [0.25, 0.3) is 0 Å². The minimum atomic E-state index is -0.123. The first-order valence-corrected chi connectivity index (χ1v) is 11.4. The Morgan fingerprint density at radius 1 is 1.07 bits per heavy atom. The number of aryl methyl sites for hydroxylation is 1. The minimum Gasteiger partial charge on any atom is -0.325 e. The number of nitrogens with one attached hydrogen (secondary N) is 1. The van der Waals surface area contributed by atoms with E-state index in [2.05, 4.69) is 42.6 Å². The number of carbonyl (C=O) groups excluding carboxylic acids is 1. The number of anilines is 1. The number of fused-ring (bicyclic) bond motifs is 1. The summed E-state index contributed by atoms with van der Waals surface area (Å²) in [5, 5.41) is 3.89. The highest BCUT2D eigenvalue weighted by atomic mass is 32.2. The molecule has 3 aromatic carbocycles. The van der Waals surface area contributed by atoms with Crippen LogP contribution in [0, 0.1) is 6.92 Å². The monoisotopic (exact) mass is 418 g/mol. The Kier molecular flexibility index (Phi) is 5.97. The van der Waals surface area contributed by atoms with Crippen molar-refractivity contribution in [3.05, 3.63) is 83.9 Å². The minimum absolute atomic E-state index is 0.0224. The second-order valence-electron chi connectivity index (χ2n) is 7.00. The number of hydrogen-bond donors (Lipinski definition) is 1. The number of thioether (sulfide) groups is 1. The molecule has 0 bridgehead atoms. The summed E-state index contributed by atoms with van der Waals surface area (Å²) < 4.78 is 1.20. The fourth-order valence-electron chi connectivity index (χ4n) is 2.97. The van der Waals surface area contributed by atoms with Gasteiger partial charge in [-0.2, -0.15) is 0 Å². The average molecular weight is 419 g/mol. The van der Waals surface area contributed by atoms with Gasteiger partial charge in [0.15, 0.2) is 0 Å². The van der Waals surface area contributed by atoms with Crippen molar-refractivity contribution < 1.29 is 4.79 Å². The summed E-state index contributed by atoms with van der Waals surface area (Å²) >= 11 is 3.33. The van der Waals surface area contributed by atoms with Crippen molar-refractivity contribution in [2.45, 2.75) is 24.9 Å². The predicted octanol–water partition coefficient (Wildman–Crippen LogP) is 6.53. The van der Waals surface area contributed by atoms with Crippen LogP contribution in [0.1, 0.15) is 18.1 Å². The van der Waals surface area contributed by atoms with Gasteiger partial charge in [-0.3, -0.25) is 4.79 Å². The molecule has 0 unspecified atom stereocenters. The maximum Gasteiger partial charge on any atom is 0.237 e. The molecule has 4 aromatic rings. The highest BCUT2D eigenvalue weighted by Gasteiger charge is 2.14. The zero-order valence-corrected chi connectivity index (χ0v) is 18.0. The Hall–Kier alpha value is -2.63. The van der Waals surface area contributed by atoms with Crippen LogP contribution in [0.5, 0.6) is 0 Å². The van der Waals surface area contributed by atoms with Crippen LogP contribution in [0.4, 0.5) is 5.69 Å². The van der Waals surface area contributed by atoms with Crippen LogP contribution in [-0.2, 0) is 10.5 Å². The first-order chi connectivity index (χ1) is 14.1. The third kappa shape index (κ3) is 4.86. The first-order valence-electron chi connectivity index (χ1n) is 9.52. The first kappa shape index (κ1) is 19.7. The van der Waals surface area contributed by atoms with Gasteiger partial charge < -0.3 is 5.32 Å². The summed E-state index contributed by atoms with van der Waals surface area (Å²) in [4.78, 5) is 17.2. The Balaban J connectivity index is 1.38. The molecule has 0 saturated carbocycles. The summed E-state index contributed by atoms with van der Waals surface area (Å²) in [6, 6.07) is 24.4. The number of hydrogen-bond acceptors (Lipinski definition) is 4. The van der Waals surface area contributed by atoms with Crippen LogP contribution in [0.3, 0.4) is 0 Å². The van der Waals surface area contributed by atoms with Crippen molar-refractivity contribution in [2.75, 3.05) is 5.32 Å². The smallest absolute Gasteiger partial charge is 0.237 e. The van der Waals surface area contributed by atoms with Gasteiger partial charge in [0.05, 0.1) is 15.5 Å². The molecule has 1 heterocycles. The summed E-state index contributed by atoms with van der Waals surface area (Å²) in [5.41, 5.74) is 5.37. The molecule has 0 spiro atoms. The quantitative estimate of drug-likeness (QED) is 0.387. The molecule has 0 radical (unpaired) electrons. The van der Waals surface area contributed by atoms with Crippen molar-refractivity contribution in [3.63, 3.8) is 0 Å². The number of thiazole rings is 1. The molecule has 146 valence electrons. The van der Waals surface area contributed by atoms with Gasteiger partial charge in [0.2, 0.25) is 5.91 Å². The van der Waals surface area contributed by atoms with Gasteiger partial charge in [-0.25, -0.2) is 4.98 Å². The second-order valence-corrected chi connectivity index (χ2v) is 9.36. The molecule has 1 N–H and O–H groups in total. The number of benzene rings is 3. The Bertz CT molecular complexity index is 1120. The lowest BCUT2D eigenvalue weighted by Gasteiger charge is -2.12. The van der Waals surface area contributed by atoms with E-state index in [1.165, 1.54) is 15.8 Å². The third-order valence-corrected chi connectivity index (χ3v) is 6.94. The second kappa shape index (κ2) is 8.80. The molecular formula is C24H22N2OS2. The maximum atomic E-state index is 12.5. The molecule has 1 aromatic heterocycles. The van der Waals surface area contributed by atoms with Crippen molar-refractivity contribution in [2.24, 2.45) is 0 Å². The largest absolute Gasteiger partial charge is 0.325 e. The van der Waals surface area contributed by atoms with E-state index in [-0.39, 0.29) is 11.2 Å². The van der Waals surface area contributed by atoms with E-state index in [1.807, 2.05) is 49.4 Å². The third-order valence-electron chi connectivity index (χ3n) is 4.66. The molecule has 0 saturated heterocycles. The van der Waals surface area contributed by atoms with E-state index >= 15 is 0 Å². The lowest BCUT2D eigenvalue weighted by molar-refractivity contribution is -0.115. The summed E-state index contributed by atoms with van der Waals surface area (Å²) in [6.07, 6.45) is 0. The molecule has 0 aliphatic carbocycles. The zero-order chi connectivity index (χ0) is 20.2. The van der Waals surface area contributed by atoms with Crippen molar-refractivity contribution in [1.29, 1.82) is 0 Å². The SMILES string of the molecule is Cc1ccc2nc(-c3ccc(NC(=O)[C@H](C)SCc4ccccc4)cc3)sc2c1. The van der Waals surface area contributed by atoms with Crippen LogP contribution >= 0.6 is 23.1 Å². The molecule has 0 aliphatic heterocycles. The van der Waals surface area contributed by atoms with Crippen molar-refractivity contribution in [3.8, 4) is 10.6 Å². The van der Waals surface area contributed by atoms with E-state index in [1.54, 1.807) is 23.1 Å². The molecule has 0 aliphatic rings. The molecule has 1 amide bonds. The van der Waals surface area contributed by atoms with Gasteiger partial charge in [-0.1, -0.05) is 36.4 Å². The molecule has 5 heteroatoms. The van der Waals surface area contributed by atoms with Gasteiger partial charge in [0, 0.05) is 17.0 Å². The number of nitrogens with zero attached hydrogens (tertiary/aromatic N) is 1. The maximum absolute atomic E-state index is 12.5. The number of aromatic nitrogens is 1. The van der Waals surface area contributed by atoms with Gasteiger partial charge >= 0.3 is 0 Å². The summed E-state index contributed by atoms with van der Waals surface area (Å²) in [7, 11) is 0. The summed E-state index contributed by atoms with van der Waals surface area (Å²) in [6.45, 7) is 4.04. The average Bonchev–Trinajstić information content (AvgIpc) is 3.16. The van der Waals surface area contributed by atoms with E-state index in [0.717, 1.165) is 27.5 Å². The topological polar surface area (TPSA) is 42.0 Å². The fourth-order valence-corrected chi connectivity index (χ4v) is 4.88. The Morgan fingerprint density at radius 3 is 2.59 bits per heavy atom. The molecular weight excluding hydrogens is 396 g/mol. The normalized spacial score (nSPS) is 12.1. The highest BCUT2D eigenvalue weighted by molar-refractivity contribution is 7.99. The Morgan fingerprint density at radius 2 is 1.83 bits per heavy atom. The number of carbonyl (C=O) groups is 1.